The second-order valence-corrected chi connectivity index (χ2v) is 6.95. The maximum atomic E-state index is 14.3. The van der Waals surface area contributed by atoms with E-state index in [0.29, 0.717) is 19.3 Å². The van der Waals surface area contributed by atoms with Crippen LogP contribution in [0.15, 0.2) is 5.83 Å². The topological polar surface area (TPSA) is 83.0 Å². The molecule has 1 aromatic rings. The molecule has 0 aromatic carbocycles. The number of alkyl halides is 2. The van der Waals surface area contributed by atoms with E-state index in [1.165, 1.54) is 0 Å². The fourth-order valence-electron chi connectivity index (χ4n) is 2.98. The summed E-state index contributed by atoms with van der Waals surface area (Å²) in [5, 5.41) is 15.6. The molecule has 1 fully saturated rings. The fraction of sp³-hybridized carbons (Fsp3) is 0.688. The minimum atomic E-state index is -2.66. The number of aliphatic hydroxyl groups excluding tert-OH is 1. The van der Waals surface area contributed by atoms with E-state index in [1.54, 1.807) is 0 Å². The Labute approximate surface area is 144 Å². The molecule has 1 heterocycles. The van der Waals surface area contributed by atoms with Crippen molar-refractivity contribution in [1.82, 2.24) is 15.0 Å². The molecule has 0 spiro atoms. The molecule has 2 aliphatic carbocycles. The third kappa shape index (κ3) is 4.20. The molecule has 25 heavy (non-hydrogen) atoms. The molecule has 0 radical (unpaired) electrons. The maximum absolute atomic E-state index is 14.3. The molecule has 1 atom stereocenters. The van der Waals surface area contributed by atoms with Gasteiger partial charge in [-0.2, -0.15) is 15.0 Å². The third-order valence-electron chi connectivity index (χ3n) is 4.23. The summed E-state index contributed by atoms with van der Waals surface area (Å²) in [4.78, 5) is 12.6. The zero-order chi connectivity index (χ0) is 18.2. The average Bonchev–Trinajstić information content (AvgIpc) is 2.47. The highest BCUT2D eigenvalue weighted by Crippen LogP contribution is 2.39. The highest BCUT2D eigenvalue weighted by atomic mass is 19.3. The van der Waals surface area contributed by atoms with Gasteiger partial charge in [0.1, 0.15) is 11.9 Å². The molecule has 2 aliphatic rings. The quantitative estimate of drug-likeness (QED) is 0.751. The number of nitrogens with zero attached hydrogens (tertiary/aromatic N) is 3. The molecule has 3 N–H and O–H groups in total. The van der Waals surface area contributed by atoms with Gasteiger partial charge in [0, 0.05) is 30.5 Å². The van der Waals surface area contributed by atoms with Gasteiger partial charge in [-0.05, 0) is 33.1 Å². The third-order valence-corrected chi connectivity index (χ3v) is 4.23. The lowest BCUT2D eigenvalue weighted by Crippen LogP contribution is -2.44. The molecule has 9 heteroatoms. The number of aromatic nitrogens is 3. The normalized spacial score (nSPS) is 23.6. The molecule has 0 amide bonds. The number of allylic oxidation sites excluding steroid dienone is 1. The van der Waals surface area contributed by atoms with E-state index in [9.17, 15) is 18.3 Å². The number of anilines is 2. The Morgan fingerprint density at radius 2 is 1.84 bits per heavy atom. The summed E-state index contributed by atoms with van der Waals surface area (Å²) in [5.41, 5.74) is 0.245. The Hall–Kier alpha value is -1.90. The van der Waals surface area contributed by atoms with Gasteiger partial charge >= 0.3 is 0 Å². The largest absolute Gasteiger partial charge is 0.386 e. The van der Waals surface area contributed by atoms with Gasteiger partial charge < -0.3 is 15.7 Å². The Balaban J connectivity index is 1.89. The van der Waals surface area contributed by atoms with Crippen LogP contribution >= 0.6 is 0 Å². The maximum Gasteiger partial charge on any atom is 0.252 e. The summed E-state index contributed by atoms with van der Waals surface area (Å²) in [5.74, 6) is -2.78. The first-order valence-corrected chi connectivity index (χ1v) is 8.47. The van der Waals surface area contributed by atoms with Crippen molar-refractivity contribution in [1.29, 1.82) is 0 Å². The van der Waals surface area contributed by atoms with Gasteiger partial charge in [0.25, 0.3) is 5.92 Å². The standard InChI is InChI=1S/C16H22F3N5O/c1-8(2)20-14-22-13(10-4-3-5-11(25)12(10)17)23-15(24-14)21-9-6-16(18,19)7-9/h8-9,11,25H,3-7H2,1-2H3,(H2,20,21,22,23,24). The smallest absolute Gasteiger partial charge is 0.252 e. The van der Waals surface area contributed by atoms with Crippen LogP contribution in [0.25, 0.3) is 5.57 Å². The molecule has 0 saturated heterocycles. The molecule has 0 bridgehead atoms. The number of aliphatic hydroxyl groups is 1. The van der Waals surface area contributed by atoms with Crippen molar-refractivity contribution < 1.29 is 18.3 Å². The number of nitrogens with one attached hydrogen (secondary N) is 2. The van der Waals surface area contributed by atoms with Crippen molar-refractivity contribution in [2.24, 2.45) is 0 Å². The SMILES string of the molecule is CC(C)Nc1nc(NC2CC(F)(F)C2)nc(C2=C(F)C(O)CCC2)n1. The first kappa shape index (κ1) is 17.9. The lowest BCUT2D eigenvalue weighted by molar-refractivity contribution is -0.0794. The monoisotopic (exact) mass is 357 g/mol. The van der Waals surface area contributed by atoms with Gasteiger partial charge in [-0.1, -0.05) is 0 Å². The molecule has 6 nitrogen and oxygen atoms in total. The molecule has 1 saturated carbocycles. The van der Waals surface area contributed by atoms with Crippen molar-refractivity contribution in [2.45, 2.75) is 70.1 Å². The summed E-state index contributed by atoms with van der Waals surface area (Å²) < 4.78 is 40.3. The highest BCUT2D eigenvalue weighted by Gasteiger charge is 2.45. The number of hydrogen-bond acceptors (Lipinski definition) is 6. The molecule has 3 rings (SSSR count). The Morgan fingerprint density at radius 1 is 1.16 bits per heavy atom. The van der Waals surface area contributed by atoms with Crippen molar-refractivity contribution in [3.05, 3.63) is 11.7 Å². The Morgan fingerprint density at radius 3 is 2.48 bits per heavy atom. The Bertz CT molecular complexity index is 672. The van der Waals surface area contributed by atoms with Crippen molar-refractivity contribution >= 4 is 17.5 Å². The fourth-order valence-corrected chi connectivity index (χ4v) is 2.98. The van der Waals surface area contributed by atoms with E-state index in [-0.39, 0.29) is 42.2 Å². The lowest BCUT2D eigenvalue weighted by Gasteiger charge is -2.35. The van der Waals surface area contributed by atoms with Gasteiger partial charge in [-0.25, -0.2) is 13.2 Å². The predicted molar refractivity (Wildman–Crippen MR) is 88.1 cm³/mol. The molecule has 1 aromatic heterocycles. The van der Waals surface area contributed by atoms with Crippen LogP contribution in [-0.4, -0.2) is 44.2 Å². The zero-order valence-electron chi connectivity index (χ0n) is 14.2. The zero-order valence-corrected chi connectivity index (χ0v) is 14.2. The van der Waals surface area contributed by atoms with Crippen LogP contribution in [0.1, 0.15) is 51.8 Å². The molecular weight excluding hydrogens is 335 g/mol. The van der Waals surface area contributed by atoms with Crippen LogP contribution in [-0.2, 0) is 0 Å². The highest BCUT2D eigenvalue weighted by molar-refractivity contribution is 5.65. The van der Waals surface area contributed by atoms with Crippen molar-refractivity contribution in [3.8, 4) is 0 Å². The summed E-state index contributed by atoms with van der Waals surface area (Å²) in [7, 11) is 0. The lowest BCUT2D eigenvalue weighted by atomic mass is 9.88. The average molecular weight is 357 g/mol. The van der Waals surface area contributed by atoms with Crippen molar-refractivity contribution in [3.63, 3.8) is 0 Å². The van der Waals surface area contributed by atoms with E-state index in [4.69, 9.17) is 0 Å². The predicted octanol–water partition coefficient (Wildman–Crippen LogP) is 3.13. The molecule has 0 aliphatic heterocycles. The van der Waals surface area contributed by atoms with E-state index >= 15 is 0 Å². The molecular formula is C16H22F3N5O. The second-order valence-electron chi connectivity index (χ2n) is 6.95. The second kappa shape index (κ2) is 6.78. The molecule has 1 unspecified atom stereocenters. The van der Waals surface area contributed by atoms with E-state index in [2.05, 4.69) is 25.6 Å². The number of halogens is 3. The summed E-state index contributed by atoms with van der Waals surface area (Å²) in [6.45, 7) is 3.79. The molecule has 138 valence electrons. The van der Waals surface area contributed by atoms with Crippen LogP contribution in [0, 0.1) is 0 Å². The van der Waals surface area contributed by atoms with Crippen LogP contribution in [0.3, 0.4) is 0 Å². The van der Waals surface area contributed by atoms with Crippen LogP contribution in [0.4, 0.5) is 25.1 Å². The number of rotatable bonds is 5. The van der Waals surface area contributed by atoms with E-state index < -0.39 is 23.9 Å². The van der Waals surface area contributed by atoms with E-state index in [0.717, 1.165) is 0 Å². The van der Waals surface area contributed by atoms with Crippen LogP contribution in [0.2, 0.25) is 0 Å². The van der Waals surface area contributed by atoms with Gasteiger partial charge in [0.2, 0.25) is 11.9 Å². The minimum absolute atomic E-state index is 0.0342. The summed E-state index contributed by atoms with van der Waals surface area (Å²) in [6.07, 6.45) is -0.314. The van der Waals surface area contributed by atoms with Crippen LogP contribution in [0.5, 0.6) is 0 Å². The number of hydrogen-bond donors (Lipinski definition) is 3. The van der Waals surface area contributed by atoms with Crippen LogP contribution < -0.4 is 10.6 Å². The Kier molecular flexibility index (Phi) is 4.86. The van der Waals surface area contributed by atoms with Crippen molar-refractivity contribution in [2.75, 3.05) is 10.6 Å². The summed E-state index contributed by atoms with van der Waals surface area (Å²) >= 11 is 0. The van der Waals surface area contributed by atoms with Gasteiger partial charge in [0.15, 0.2) is 5.82 Å². The first-order chi connectivity index (χ1) is 11.7. The van der Waals surface area contributed by atoms with Gasteiger partial charge in [-0.15, -0.1) is 0 Å². The van der Waals surface area contributed by atoms with Gasteiger partial charge in [-0.3, -0.25) is 0 Å². The van der Waals surface area contributed by atoms with E-state index in [1.807, 2.05) is 13.8 Å². The summed E-state index contributed by atoms with van der Waals surface area (Å²) in [6, 6.07) is -0.389. The van der Waals surface area contributed by atoms with Gasteiger partial charge in [0.05, 0.1) is 0 Å². The minimum Gasteiger partial charge on any atom is -0.386 e. The first-order valence-electron chi connectivity index (χ1n) is 8.47.